The van der Waals surface area contributed by atoms with Gasteiger partial charge in [0.2, 0.25) is 11.8 Å². The van der Waals surface area contributed by atoms with E-state index in [0.29, 0.717) is 26.1 Å². The van der Waals surface area contributed by atoms with Crippen LogP contribution in [0.5, 0.6) is 0 Å². The van der Waals surface area contributed by atoms with E-state index in [1.54, 1.807) is 0 Å². The molecule has 2 saturated heterocycles. The standard InChI is InChI=1S/C15H22N2O4/c1-10(18)17-9-15(8-12(17)14(20)21)4-6-16(7-5-15)13(19)11-2-3-11/h11-12H,2-9H2,1H3,(H,20,21). The van der Waals surface area contributed by atoms with E-state index >= 15 is 0 Å². The van der Waals surface area contributed by atoms with Gasteiger partial charge in [-0.15, -0.1) is 0 Å². The Balaban J connectivity index is 1.65. The van der Waals surface area contributed by atoms with Crippen molar-refractivity contribution in [2.24, 2.45) is 11.3 Å². The molecule has 1 atom stereocenters. The van der Waals surface area contributed by atoms with Crippen LogP contribution in [-0.4, -0.2) is 58.4 Å². The first-order valence-electron chi connectivity index (χ1n) is 7.71. The highest BCUT2D eigenvalue weighted by Gasteiger charge is 2.50. The lowest BCUT2D eigenvalue weighted by Crippen LogP contribution is -2.45. The van der Waals surface area contributed by atoms with E-state index in [1.165, 1.54) is 11.8 Å². The van der Waals surface area contributed by atoms with Gasteiger partial charge in [-0.25, -0.2) is 4.79 Å². The van der Waals surface area contributed by atoms with Crippen molar-refractivity contribution >= 4 is 17.8 Å². The zero-order chi connectivity index (χ0) is 15.2. The number of aliphatic carboxylic acids is 1. The number of hydrogen-bond donors (Lipinski definition) is 1. The van der Waals surface area contributed by atoms with E-state index < -0.39 is 12.0 Å². The number of carboxylic acid groups (broad SMARTS) is 1. The van der Waals surface area contributed by atoms with Crippen molar-refractivity contribution in [3.05, 3.63) is 0 Å². The molecule has 3 fully saturated rings. The molecule has 2 heterocycles. The molecule has 1 spiro atoms. The molecular weight excluding hydrogens is 272 g/mol. The number of rotatable bonds is 2. The normalized spacial score (nSPS) is 28.0. The predicted octanol–water partition coefficient (Wildman–Crippen LogP) is 0.711. The maximum absolute atomic E-state index is 12.1. The summed E-state index contributed by atoms with van der Waals surface area (Å²) in [5.74, 6) is -0.585. The Kier molecular flexibility index (Phi) is 3.42. The molecule has 0 aromatic heterocycles. The second-order valence-electron chi connectivity index (χ2n) is 6.80. The van der Waals surface area contributed by atoms with Crippen molar-refractivity contribution in [1.82, 2.24) is 9.80 Å². The largest absolute Gasteiger partial charge is 0.480 e. The first-order valence-corrected chi connectivity index (χ1v) is 7.71. The minimum absolute atomic E-state index is 0.116. The van der Waals surface area contributed by atoms with Crippen LogP contribution < -0.4 is 0 Å². The van der Waals surface area contributed by atoms with Crippen molar-refractivity contribution in [2.75, 3.05) is 19.6 Å². The van der Waals surface area contributed by atoms with Gasteiger partial charge in [0.15, 0.2) is 0 Å². The number of carboxylic acids is 1. The third kappa shape index (κ3) is 2.63. The van der Waals surface area contributed by atoms with Gasteiger partial charge in [0.1, 0.15) is 6.04 Å². The molecule has 6 nitrogen and oxygen atoms in total. The molecule has 116 valence electrons. The highest BCUT2D eigenvalue weighted by molar-refractivity contribution is 5.83. The molecule has 1 unspecified atom stereocenters. The summed E-state index contributed by atoms with van der Waals surface area (Å²) in [4.78, 5) is 38.5. The molecule has 0 aromatic carbocycles. The number of nitrogens with zero attached hydrogens (tertiary/aromatic N) is 2. The van der Waals surface area contributed by atoms with Gasteiger partial charge >= 0.3 is 5.97 Å². The summed E-state index contributed by atoms with van der Waals surface area (Å²) < 4.78 is 0. The molecule has 6 heteroatoms. The van der Waals surface area contributed by atoms with Crippen LogP contribution in [0.15, 0.2) is 0 Å². The SMILES string of the molecule is CC(=O)N1CC2(CCN(C(=O)C3CC3)CC2)CC1C(=O)O. The van der Waals surface area contributed by atoms with E-state index in [2.05, 4.69) is 0 Å². The third-order valence-corrected chi connectivity index (χ3v) is 5.26. The van der Waals surface area contributed by atoms with E-state index in [-0.39, 0.29) is 23.1 Å². The number of likely N-dealkylation sites (tertiary alicyclic amines) is 2. The Morgan fingerprint density at radius 1 is 1.14 bits per heavy atom. The van der Waals surface area contributed by atoms with Crippen LogP contribution in [-0.2, 0) is 14.4 Å². The first kappa shape index (κ1) is 14.4. The molecule has 0 bridgehead atoms. The molecule has 3 aliphatic rings. The Bertz CT molecular complexity index is 454. The molecule has 3 rings (SSSR count). The Morgan fingerprint density at radius 3 is 2.19 bits per heavy atom. The van der Waals surface area contributed by atoms with Crippen LogP contribution in [0, 0.1) is 11.3 Å². The fourth-order valence-corrected chi connectivity index (χ4v) is 3.76. The number of amides is 2. The molecular formula is C15H22N2O4. The second kappa shape index (κ2) is 5.00. The molecule has 0 aromatic rings. The molecule has 1 saturated carbocycles. The summed E-state index contributed by atoms with van der Waals surface area (Å²) in [5, 5.41) is 9.31. The van der Waals surface area contributed by atoms with Gasteiger partial charge in [-0.05, 0) is 37.5 Å². The zero-order valence-electron chi connectivity index (χ0n) is 12.4. The lowest BCUT2D eigenvalue weighted by atomic mass is 9.76. The van der Waals surface area contributed by atoms with Crippen molar-refractivity contribution in [3.63, 3.8) is 0 Å². The highest BCUT2D eigenvalue weighted by Crippen LogP contribution is 2.44. The average molecular weight is 294 g/mol. The smallest absolute Gasteiger partial charge is 0.326 e. The number of hydrogen-bond acceptors (Lipinski definition) is 3. The van der Waals surface area contributed by atoms with Gasteiger partial charge in [-0.1, -0.05) is 0 Å². The number of carbonyl (C=O) groups excluding carboxylic acids is 2. The maximum atomic E-state index is 12.1. The van der Waals surface area contributed by atoms with E-state index in [9.17, 15) is 19.5 Å². The summed E-state index contributed by atoms with van der Waals surface area (Å²) >= 11 is 0. The van der Waals surface area contributed by atoms with E-state index in [1.807, 2.05) is 4.90 Å². The van der Waals surface area contributed by atoms with Crippen LogP contribution in [0.25, 0.3) is 0 Å². The summed E-state index contributed by atoms with van der Waals surface area (Å²) in [6.45, 7) is 3.35. The maximum Gasteiger partial charge on any atom is 0.326 e. The topological polar surface area (TPSA) is 77.9 Å². The zero-order valence-corrected chi connectivity index (χ0v) is 12.4. The fraction of sp³-hybridized carbons (Fsp3) is 0.800. The first-order chi connectivity index (χ1) is 9.92. The quantitative estimate of drug-likeness (QED) is 0.813. The molecule has 21 heavy (non-hydrogen) atoms. The van der Waals surface area contributed by atoms with Gasteiger partial charge in [0, 0.05) is 32.5 Å². The molecule has 1 N–H and O–H groups in total. The lowest BCUT2D eigenvalue weighted by molar-refractivity contribution is -0.147. The van der Waals surface area contributed by atoms with Gasteiger partial charge < -0.3 is 14.9 Å². The fourth-order valence-electron chi connectivity index (χ4n) is 3.76. The van der Waals surface area contributed by atoms with Crippen LogP contribution in [0.2, 0.25) is 0 Å². The Morgan fingerprint density at radius 2 is 1.76 bits per heavy atom. The van der Waals surface area contributed by atoms with E-state index in [4.69, 9.17) is 0 Å². The van der Waals surface area contributed by atoms with Gasteiger partial charge in [-0.3, -0.25) is 9.59 Å². The third-order valence-electron chi connectivity index (χ3n) is 5.26. The Hall–Kier alpha value is -1.59. The number of carbonyl (C=O) groups is 3. The predicted molar refractivity (Wildman–Crippen MR) is 74.4 cm³/mol. The van der Waals surface area contributed by atoms with Crippen LogP contribution in [0.4, 0.5) is 0 Å². The molecule has 2 aliphatic heterocycles. The van der Waals surface area contributed by atoms with Crippen molar-refractivity contribution in [2.45, 2.75) is 45.1 Å². The van der Waals surface area contributed by atoms with Crippen LogP contribution in [0.1, 0.15) is 39.0 Å². The summed E-state index contributed by atoms with van der Waals surface area (Å²) in [6, 6.07) is -0.701. The van der Waals surface area contributed by atoms with Crippen molar-refractivity contribution < 1.29 is 19.5 Å². The lowest BCUT2D eigenvalue weighted by Gasteiger charge is -2.39. The number of piperidine rings is 1. The minimum atomic E-state index is -0.918. The summed E-state index contributed by atoms with van der Waals surface area (Å²) in [7, 11) is 0. The Labute approximate surface area is 124 Å². The van der Waals surface area contributed by atoms with Crippen molar-refractivity contribution in [3.8, 4) is 0 Å². The van der Waals surface area contributed by atoms with Crippen LogP contribution >= 0.6 is 0 Å². The summed E-state index contributed by atoms with van der Waals surface area (Å²) in [5.41, 5.74) is -0.116. The van der Waals surface area contributed by atoms with E-state index in [0.717, 1.165) is 25.7 Å². The molecule has 0 radical (unpaired) electrons. The monoisotopic (exact) mass is 294 g/mol. The van der Waals surface area contributed by atoms with Crippen LogP contribution in [0.3, 0.4) is 0 Å². The van der Waals surface area contributed by atoms with Gasteiger partial charge in [0.05, 0.1) is 0 Å². The second-order valence-corrected chi connectivity index (χ2v) is 6.80. The average Bonchev–Trinajstić information content (AvgIpc) is 3.22. The molecule has 2 amide bonds. The highest BCUT2D eigenvalue weighted by atomic mass is 16.4. The van der Waals surface area contributed by atoms with Crippen molar-refractivity contribution in [1.29, 1.82) is 0 Å². The summed E-state index contributed by atoms with van der Waals surface area (Å²) in [6.07, 6.45) is 4.16. The van der Waals surface area contributed by atoms with Gasteiger partial charge in [-0.2, -0.15) is 0 Å². The molecule has 1 aliphatic carbocycles. The van der Waals surface area contributed by atoms with Gasteiger partial charge in [0.25, 0.3) is 0 Å². The minimum Gasteiger partial charge on any atom is -0.480 e.